The van der Waals surface area contributed by atoms with Crippen molar-refractivity contribution in [3.8, 4) is 5.75 Å². The fraction of sp³-hybridized carbons (Fsp3) is 0.500. The van der Waals surface area contributed by atoms with E-state index in [2.05, 4.69) is 4.74 Å². The summed E-state index contributed by atoms with van der Waals surface area (Å²) in [7, 11) is 0. The Labute approximate surface area is 111 Å². The predicted molar refractivity (Wildman–Crippen MR) is 68.1 cm³/mol. The highest BCUT2D eigenvalue weighted by Gasteiger charge is 2.27. The van der Waals surface area contributed by atoms with Gasteiger partial charge < -0.3 is 15.6 Å². The maximum absolute atomic E-state index is 12.1. The summed E-state index contributed by atoms with van der Waals surface area (Å²) < 4.78 is 28.4. The van der Waals surface area contributed by atoms with Crippen LogP contribution in [0.1, 0.15) is 25.5 Å². The zero-order valence-corrected chi connectivity index (χ0v) is 11.1. The third-order valence-electron chi connectivity index (χ3n) is 2.69. The zero-order chi connectivity index (χ0) is 13.1. The molecule has 0 saturated carbocycles. The lowest BCUT2D eigenvalue weighted by atomic mass is 9.82. The molecule has 6 heteroatoms. The van der Waals surface area contributed by atoms with Crippen molar-refractivity contribution in [2.24, 2.45) is 11.1 Å². The average molecular weight is 282 g/mol. The fourth-order valence-corrected chi connectivity index (χ4v) is 1.43. The van der Waals surface area contributed by atoms with Crippen molar-refractivity contribution >= 4 is 12.4 Å². The van der Waals surface area contributed by atoms with Crippen LogP contribution in [-0.2, 0) is 0 Å². The topological polar surface area (TPSA) is 55.5 Å². The van der Waals surface area contributed by atoms with E-state index in [1.807, 2.05) is 0 Å². The van der Waals surface area contributed by atoms with E-state index in [4.69, 9.17) is 5.73 Å². The molecule has 0 spiro atoms. The largest absolute Gasteiger partial charge is 0.435 e. The van der Waals surface area contributed by atoms with Gasteiger partial charge in [0.2, 0.25) is 0 Å². The number of halogens is 3. The number of rotatable bonds is 5. The second kappa shape index (κ2) is 6.87. The molecule has 0 aromatic heterocycles. The van der Waals surface area contributed by atoms with Gasteiger partial charge in [0.25, 0.3) is 0 Å². The molecule has 0 fully saturated rings. The van der Waals surface area contributed by atoms with Crippen molar-refractivity contribution in [3.63, 3.8) is 0 Å². The molecule has 0 unspecified atom stereocenters. The molecule has 1 aromatic rings. The summed E-state index contributed by atoms with van der Waals surface area (Å²) in [4.78, 5) is 0. The summed E-state index contributed by atoms with van der Waals surface area (Å²) >= 11 is 0. The van der Waals surface area contributed by atoms with Gasteiger partial charge in [-0.05, 0) is 17.7 Å². The van der Waals surface area contributed by atoms with Crippen LogP contribution in [0.5, 0.6) is 5.75 Å². The van der Waals surface area contributed by atoms with Gasteiger partial charge in [-0.15, -0.1) is 12.4 Å². The van der Waals surface area contributed by atoms with Crippen LogP contribution in [0.3, 0.4) is 0 Å². The smallest absolute Gasteiger partial charge is 0.387 e. The van der Waals surface area contributed by atoms with Gasteiger partial charge in [0.1, 0.15) is 5.75 Å². The Morgan fingerprint density at radius 3 is 2.50 bits per heavy atom. The van der Waals surface area contributed by atoms with Gasteiger partial charge in [-0.2, -0.15) is 8.78 Å². The minimum Gasteiger partial charge on any atom is -0.435 e. The van der Waals surface area contributed by atoms with Crippen LogP contribution in [0.15, 0.2) is 24.3 Å². The molecule has 18 heavy (non-hydrogen) atoms. The SMILES string of the molecule is CC(C)(CO)[C@H](N)c1cccc(OC(F)F)c1.Cl. The Hall–Kier alpha value is -0.910. The molecule has 0 heterocycles. The third kappa shape index (κ3) is 4.40. The molecule has 1 aromatic carbocycles. The molecule has 0 radical (unpaired) electrons. The summed E-state index contributed by atoms with van der Waals surface area (Å²) in [5, 5.41) is 9.21. The van der Waals surface area contributed by atoms with Crippen LogP contribution in [0, 0.1) is 5.41 Å². The summed E-state index contributed by atoms with van der Waals surface area (Å²) in [5.74, 6) is 0.0710. The normalized spacial score (nSPS) is 13.1. The van der Waals surface area contributed by atoms with E-state index in [1.165, 1.54) is 12.1 Å². The van der Waals surface area contributed by atoms with Gasteiger partial charge in [-0.1, -0.05) is 26.0 Å². The molecular formula is C12H18ClF2NO2. The summed E-state index contributed by atoms with van der Waals surface area (Å²) in [6, 6.07) is 5.78. The zero-order valence-electron chi connectivity index (χ0n) is 10.3. The highest BCUT2D eigenvalue weighted by Crippen LogP contribution is 2.32. The minimum absolute atomic E-state index is 0. The van der Waals surface area contributed by atoms with Gasteiger partial charge in [0.15, 0.2) is 0 Å². The summed E-state index contributed by atoms with van der Waals surface area (Å²) in [6.07, 6.45) is 0. The molecule has 3 nitrogen and oxygen atoms in total. The van der Waals surface area contributed by atoms with E-state index in [0.717, 1.165) is 0 Å². The van der Waals surface area contributed by atoms with Crippen LogP contribution in [0.25, 0.3) is 0 Å². The van der Waals surface area contributed by atoms with Crippen LogP contribution in [-0.4, -0.2) is 18.3 Å². The number of aliphatic hydroxyl groups is 1. The molecule has 0 aliphatic rings. The van der Waals surface area contributed by atoms with E-state index >= 15 is 0 Å². The summed E-state index contributed by atoms with van der Waals surface area (Å²) in [6.45, 7) is 0.664. The Morgan fingerprint density at radius 2 is 2.00 bits per heavy atom. The lowest BCUT2D eigenvalue weighted by Crippen LogP contribution is -2.32. The van der Waals surface area contributed by atoms with Crippen LogP contribution in [0.4, 0.5) is 8.78 Å². The molecule has 104 valence electrons. The lowest BCUT2D eigenvalue weighted by Gasteiger charge is -2.29. The number of benzene rings is 1. The molecule has 3 N–H and O–H groups in total. The van der Waals surface area contributed by atoms with Gasteiger partial charge in [0, 0.05) is 18.1 Å². The van der Waals surface area contributed by atoms with Crippen molar-refractivity contribution in [3.05, 3.63) is 29.8 Å². The molecule has 0 amide bonds. The Bertz CT molecular complexity index is 375. The van der Waals surface area contributed by atoms with E-state index in [1.54, 1.807) is 26.0 Å². The molecule has 1 atom stereocenters. The fourth-order valence-electron chi connectivity index (χ4n) is 1.43. The minimum atomic E-state index is -2.85. The molecule has 0 bridgehead atoms. The maximum Gasteiger partial charge on any atom is 0.387 e. The van der Waals surface area contributed by atoms with Crippen molar-refractivity contribution in [1.29, 1.82) is 0 Å². The van der Waals surface area contributed by atoms with E-state index in [-0.39, 0.29) is 24.8 Å². The first-order valence-corrected chi connectivity index (χ1v) is 5.28. The van der Waals surface area contributed by atoms with Crippen molar-refractivity contribution in [1.82, 2.24) is 0 Å². The van der Waals surface area contributed by atoms with E-state index < -0.39 is 18.1 Å². The number of alkyl halides is 2. The molecule has 0 aliphatic heterocycles. The summed E-state index contributed by atoms with van der Waals surface area (Å²) in [5.41, 5.74) is 6.11. The number of hydrogen-bond donors (Lipinski definition) is 2. The first kappa shape index (κ1) is 17.1. The van der Waals surface area contributed by atoms with E-state index in [9.17, 15) is 13.9 Å². The van der Waals surface area contributed by atoms with Crippen molar-refractivity contribution in [2.45, 2.75) is 26.5 Å². The van der Waals surface area contributed by atoms with Crippen molar-refractivity contribution < 1.29 is 18.6 Å². The third-order valence-corrected chi connectivity index (χ3v) is 2.69. The standard InChI is InChI=1S/C12H17F2NO2.ClH/c1-12(2,7-16)10(15)8-4-3-5-9(6-8)17-11(13)14;/h3-6,10-11,16H,7,15H2,1-2H3;1H/t10-;/m1./s1. The predicted octanol–water partition coefficient (Wildman–Crippen LogP) is 2.73. The number of aliphatic hydroxyl groups excluding tert-OH is 1. The molecule has 0 saturated heterocycles. The maximum atomic E-state index is 12.1. The Balaban J connectivity index is 0.00000289. The number of hydrogen-bond acceptors (Lipinski definition) is 3. The molecular weight excluding hydrogens is 264 g/mol. The second-order valence-corrected chi connectivity index (χ2v) is 4.58. The first-order valence-electron chi connectivity index (χ1n) is 5.28. The average Bonchev–Trinajstić information content (AvgIpc) is 2.27. The van der Waals surface area contributed by atoms with Gasteiger partial charge in [-0.25, -0.2) is 0 Å². The second-order valence-electron chi connectivity index (χ2n) is 4.58. The van der Waals surface area contributed by atoms with Crippen LogP contribution in [0.2, 0.25) is 0 Å². The van der Waals surface area contributed by atoms with Gasteiger partial charge >= 0.3 is 6.61 Å². The number of ether oxygens (including phenoxy) is 1. The van der Waals surface area contributed by atoms with Crippen molar-refractivity contribution in [2.75, 3.05) is 6.61 Å². The highest BCUT2D eigenvalue weighted by atomic mass is 35.5. The van der Waals surface area contributed by atoms with Crippen LogP contribution < -0.4 is 10.5 Å². The quantitative estimate of drug-likeness (QED) is 0.872. The molecule has 0 aliphatic carbocycles. The van der Waals surface area contributed by atoms with Gasteiger partial charge in [0.05, 0.1) is 0 Å². The highest BCUT2D eigenvalue weighted by molar-refractivity contribution is 5.85. The van der Waals surface area contributed by atoms with Crippen LogP contribution >= 0.6 is 12.4 Å². The Morgan fingerprint density at radius 1 is 1.39 bits per heavy atom. The Kier molecular flexibility index (Phi) is 6.52. The van der Waals surface area contributed by atoms with E-state index in [0.29, 0.717) is 5.56 Å². The van der Waals surface area contributed by atoms with Gasteiger partial charge in [-0.3, -0.25) is 0 Å². The monoisotopic (exact) mass is 281 g/mol. The first-order chi connectivity index (χ1) is 7.86. The molecule has 1 rings (SSSR count). The number of nitrogens with two attached hydrogens (primary N) is 1. The lowest BCUT2D eigenvalue weighted by molar-refractivity contribution is -0.0499.